The fourth-order valence-corrected chi connectivity index (χ4v) is 1.82. The third-order valence-corrected chi connectivity index (χ3v) is 2.85. The zero-order valence-electron chi connectivity index (χ0n) is 6.86. The number of nitrogens with zero attached hydrogens (tertiary/aromatic N) is 1. The largest absolute Gasteiger partial charge is 0.428 e. The van der Waals surface area contributed by atoms with Crippen LogP contribution in [0.2, 0.25) is 0 Å². The first kappa shape index (κ1) is 9.61. The summed E-state index contributed by atoms with van der Waals surface area (Å²) in [6.45, 7) is 2.14. The van der Waals surface area contributed by atoms with Gasteiger partial charge in [-0.3, -0.25) is 0 Å². The summed E-state index contributed by atoms with van der Waals surface area (Å²) in [7, 11) is 0. The van der Waals surface area contributed by atoms with E-state index in [1.807, 2.05) is 6.07 Å². The van der Waals surface area contributed by atoms with Gasteiger partial charge in [-0.2, -0.15) is 4.73 Å². The van der Waals surface area contributed by atoms with E-state index in [2.05, 4.69) is 6.92 Å². The molecule has 0 aliphatic heterocycles. The smallest absolute Gasteiger partial charge is 0.143 e. The molecule has 0 amide bonds. The molecule has 0 bridgehead atoms. The highest BCUT2D eigenvalue weighted by atomic mass is 32.2. The summed E-state index contributed by atoms with van der Waals surface area (Å²) in [5.41, 5.74) is 0. The van der Waals surface area contributed by atoms with Crippen LogP contribution in [0.25, 0.3) is 0 Å². The highest BCUT2D eigenvalue weighted by Crippen LogP contribution is 2.17. The molecule has 0 spiro atoms. The molecule has 4 heteroatoms. The van der Waals surface area contributed by atoms with Crippen LogP contribution in [0.4, 0.5) is 0 Å². The Hall–Kier alpha value is -0.480. The van der Waals surface area contributed by atoms with Gasteiger partial charge in [-0.05, 0) is 24.3 Å². The van der Waals surface area contributed by atoms with Crippen molar-refractivity contribution >= 4 is 24.0 Å². The van der Waals surface area contributed by atoms with Crippen LogP contribution in [0, 0.1) is 4.64 Å². The first-order valence-corrected chi connectivity index (χ1v) is 5.18. The maximum Gasteiger partial charge on any atom is 0.143 e. The second-order valence-electron chi connectivity index (χ2n) is 2.39. The van der Waals surface area contributed by atoms with Crippen LogP contribution < -0.4 is 0 Å². The average molecular weight is 201 g/mol. The van der Waals surface area contributed by atoms with E-state index < -0.39 is 0 Å². The van der Waals surface area contributed by atoms with E-state index >= 15 is 0 Å². The zero-order valence-corrected chi connectivity index (χ0v) is 8.49. The Kier molecular flexibility index (Phi) is 3.62. The highest BCUT2D eigenvalue weighted by molar-refractivity contribution is 7.99. The van der Waals surface area contributed by atoms with Crippen molar-refractivity contribution in [2.45, 2.75) is 18.2 Å². The number of hydrogen-bond donors (Lipinski definition) is 1. The normalized spacial score (nSPS) is 10.1. The molecule has 1 aromatic heterocycles. The zero-order chi connectivity index (χ0) is 8.97. The molecule has 0 aromatic carbocycles. The monoisotopic (exact) mass is 201 g/mol. The summed E-state index contributed by atoms with van der Waals surface area (Å²) in [5, 5.41) is 9.07. The number of pyridine rings is 1. The van der Waals surface area contributed by atoms with E-state index in [0.717, 1.165) is 21.8 Å². The molecule has 0 aliphatic carbocycles. The lowest BCUT2D eigenvalue weighted by Crippen LogP contribution is -1.92. The molecule has 1 rings (SSSR count). The van der Waals surface area contributed by atoms with Crippen LogP contribution in [0.5, 0.6) is 0 Å². The van der Waals surface area contributed by atoms with Crippen molar-refractivity contribution in [2.75, 3.05) is 5.75 Å². The van der Waals surface area contributed by atoms with Crippen LogP contribution in [0.1, 0.15) is 13.3 Å². The van der Waals surface area contributed by atoms with E-state index in [4.69, 9.17) is 17.4 Å². The van der Waals surface area contributed by atoms with E-state index in [9.17, 15) is 0 Å². The first-order valence-electron chi connectivity index (χ1n) is 3.79. The van der Waals surface area contributed by atoms with E-state index in [0.29, 0.717) is 4.64 Å². The van der Waals surface area contributed by atoms with Gasteiger partial charge in [0.1, 0.15) is 4.64 Å². The average Bonchev–Trinajstić information content (AvgIpc) is 2.07. The van der Waals surface area contributed by atoms with Crippen molar-refractivity contribution < 1.29 is 5.21 Å². The summed E-state index contributed by atoms with van der Waals surface area (Å²) < 4.78 is 1.40. The van der Waals surface area contributed by atoms with Gasteiger partial charge in [0.25, 0.3) is 0 Å². The first-order chi connectivity index (χ1) is 5.74. The van der Waals surface area contributed by atoms with Gasteiger partial charge in [0.15, 0.2) is 0 Å². The Morgan fingerprint density at radius 2 is 2.42 bits per heavy atom. The standard InChI is InChI=1S/C8H11NOS2/c1-2-5-12-7-3-4-9(10)8(11)6-7/h3-4,6,10H,2,5H2,1H3. The number of aromatic nitrogens is 1. The molecule has 1 N–H and O–H groups in total. The lowest BCUT2D eigenvalue weighted by Gasteiger charge is -2.00. The Balaban J connectivity index is 2.76. The molecule has 2 nitrogen and oxygen atoms in total. The summed E-state index contributed by atoms with van der Waals surface area (Å²) in [6, 6.07) is 3.66. The molecule has 0 atom stereocenters. The fraction of sp³-hybridized carbons (Fsp3) is 0.375. The molecule has 1 aromatic rings. The predicted molar refractivity (Wildman–Crippen MR) is 53.5 cm³/mol. The third kappa shape index (κ3) is 2.53. The minimum Gasteiger partial charge on any atom is -0.428 e. The lowest BCUT2D eigenvalue weighted by atomic mass is 10.5. The van der Waals surface area contributed by atoms with E-state index in [1.165, 1.54) is 0 Å². The third-order valence-electron chi connectivity index (χ3n) is 1.34. The topological polar surface area (TPSA) is 25.2 Å². The molecule has 1 heterocycles. The summed E-state index contributed by atoms with van der Waals surface area (Å²) in [6.07, 6.45) is 2.71. The molecule has 12 heavy (non-hydrogen) atoms. The van der Waals surface area contributed by atoms with Crippen molar-refractivity contribution in [1.29, 1.82) is 0 Å². The molecule has 0 unspecified atom stereocenters. The minimum atomic E-state index is 0.455. The van der Waals surface area contributed by atoms with Gasteiger partial charge < -0.3 is 5.21 Å². The molecule has 0 fully saturated rings. The van der Waals surface area contributed by atoms with Gasteiger partial charge >= 0.3 is 0 Å². The van der Waals surface area contributed by atoms with Crippen LogP contribution >= 0.6 is 24.0 Å². The molecular formula is C8H11NOS2. The summed E-state index contributed by atoms with van der Waals surface area (Å²) in [4.78, 5) is 1.12. The SMILES string of the molecule is CCCSc1ccn(O)c(=S)c1. The van der Waals surface area contributed by atoms with Crippen molar-refractivity contribution in [3.63, 3.8) is 0 Å². The van der Waals surface area contributed by atoms with E-state index in [-0.39, 0.29) is 0 Å². The van der Waals surface area contributed by atoms with Crippen LogP contribution in [-0.2, 0) is 0 Å². The van der Waals surface area contributed by atoms with Gasteiger partial charge in [-0.15, -0.1) is 11.8 Å². The molecule has 0 aliphatic rings. The molecule has 0 saturated carbocycles. The Morgan fingerprint density at radius 1 is 1.67 bits per heavy atom. The molecule has 0 radical (unpaired) electrons. The quantitative estimate of drug-likeness (QED) is 0.462. The second kappa shape index (κ2) is 4.52. The van der Waals surface area contributed by atoms with Gasteiger partial charge in [0.2, 0.25) is 0 Å². The minimum absolute atomic E-state index is 0.455. The van der Waals surface area contributed by atoms with Gasteiger partial charge in [-0.1, -0.05) is 19.1 Å². The molecular weight excluding hydrogens is 190 g/mol. The lowest BCUT2D eigenvalue weighted by molar-refractivity contribution is 0.180. The predicted octanol–water partition coefficient (Wildman–Crippen LogP) is 2.96. The van der Waals surface area contributed by atoms with Gasteiger partial charge in [-0.25, -0.2) is 0 Å². The number of thioether (sulfide) groups is 1. The maximum atomic E-state index is 9.07. The second-order valence-corrected chi connectivity index (χ2v) is 3.98. The van der Waals surface area contributed by atoms with Gasteiger partial charge in [0, 0.05) is 11.1 Å². The fourth-order valence-electron chi connectivity index (χ4n) is 0.763. The van der Waals surface area contributed by atoms with Crippen molar-refractivity contribution in [3.05, 3.63) is 23.0 Å². The Labute approximate surface area is 81.2 Å². The molecule has 66 valence electrons. The van der Waals surface area contributed by atoms with Crippen LogP contribution in [0.3, 0.4) is 0 Å². The van der Waals surface area contributed by atoms with Gasteiger partial charge in [0.05, 0.1) is 0 Å². The Bertz CT molecular complexity index is 308. The summed E-state index contributed by atoms with van der Waals surface area (Å²) in [5.74, 6) is 1.09. The molecule has 0 saturated heterocycles. The number of hydrogen-bond acceptors (Lipinski definition) is 3. The maximum absolute atomic E-state index is 9.07. The van der Waals surface area contributed by atoms with Crippen LogP contribution in [-0.4, -0.2) is 15.7 Å². The summed E-state index contributed by atoms with van der Waals surface area (Å²) >= 11 is 6.64. The highest BCUT2D eigenvalue weighted by Gasteiger charge is 1.93. The Morgan fingerprint density at radius 3 is 3.00 bits per heavy atom. The number of rotatable bonds is 3. The van der Waals surface area contributed by atoms with Crippen molar-refractivity contribution in [1.82, 2.24) is 4.73 Å². The van der Waals surface area contributed by atoms with Crippen molar-refractivity contribution in [2.24, 2.45) is 0 Å². The van der Waals surface area contributed by atoms with Crippen molar-refractivity contribution in [3.8, 4) is 0 Å². The van der Waals surface area contributed by atoms with Crippen LogP contribution in [0.15, 0.2) is 23.2 Å². The van der Waals surface area contributed by atoms with E-state index in [1.54, 1.807) is 24.0 Å².